The smallest absolute Gasteiger partial charge is 0.273 e. The third kappa shape index (κ3) is 4.62. The van der Waals surface area contributed by atoms with Crippen LogP contribution in [0.2, 0.25) is 0 Å². The highest BCUT2D eigenvalue weighted by Gasteiger charge is 2.23. The fraction of sp³-hybridized carbons (Fsp3) is 0.500. The molecule has 1 fully saturated rings. The van der Waals surface area contributed by atoms with Gasteiger partial charge in [-0.2, -0.15) is 0 Å². The van der Waals surface area contributed by atoms with Crippen molar-refractivity contribution in [2.24, 2.45) is 0 Å². The second-order valence-electron chi connectivity index (χ2n) is 6.51. The number of methoxy groups -OCH3 is 1. The van der Waals surface area contributed by atoms with Crippen molar-refractivity contribution in [2.75, 3.05) is 26.8 Å². The second kappa shape index (κ2) is 9.14. The Morgan fingerprint density at radius 1 is 1.35 bits per heavy atom. The normalized spacial score (nSPS) is 17.1. The molecular weight excluding hydrogens is 348 g/mol. The van der Waals surface area contributed by atoms with Gasteiger partial charge in [0.2, 0.25) is 0 Å². The maximum Gasteiger partial charge on any atom is 0.273 e. The number of carbonyl (C=O) groups excluding carboxylic acids is 1. The molecule has 1 saturated heterocycles. The van der Waals surface area contributed by atoms with Gasteiger partial charge < -0.3 is 14.4 Å². The average Bonchev–Trinajstić information content (AvgIpc) is 3.18. The molecule has 1 aliphatic heterocycles. The van der Waals surface area contributed by atoms with E-state index in [1.807, 2.05) is 34.5 Å². The van der Waals surface area contributed by atoms with Crippen molar-refractivity contribution in [3.63, 3.8) is 0 Å². The van der Waals surface area contributed by atoms with Crippen LogP contribution in [-0.2, 0) is 4.74 Å². The zero-order valence-electron chi connectivity index (χ0n) is 15.4. The van der Waals surface area contributed by atoms with Gasteiger partial charge >= 0.3 is 0 Å². The van der Waals surface area contributed by atoms with Crippen LogP contribution < -0.4 is 4.74 Å². The van der Waals surface area contributed by atoms with Gasteiger partial charge in [0.05, 0.1) is 13.2 Å². The minimum atomic E-state index is -0.00275. The summed E-state index contributed by atoms with van der Waals surface area (Å²) in [5, 5.41) is 2.70. The zero-order chi connectivity index (χ0) is 18.4. The number of hydrogen-bond acceptors (Lipinski definition) is 5. The number of benzene rings is 1. The molecule has 1 unspecified atom stereocenters. The zero-order valence-corrected chi connectivity index (χ0v) is 16.3. The largest absolute Gasteiger partial charge is 0.497 e. The van der Waals surface area contributed by atoms with E-state index in [9.17, 15) is 4.79 Å². The van der Waals surface area contributed by atoms with Crippen molar-refractivity contribution >= 4 is 17.2 Å². The summed E-state index contributed by atoms with van der Waals surface area (Å²) in [7, 11) is 1.65. The first kappa shape index (κ1) is 18.9. The summed E-state index contributed by atoms with van der Waals surface area (Å²) < 4.78 is 11.0. The summed E-state index contributed by atoms with van der Waals surface area (Å²) in [6, 6.07) is 7.74. The van der Waals surface area contributed by atoms with Crippen LogP contribution >= 0.6 is 11.3 Å². The SMILES string of the molecule is CCCN(CC1CCCCO1)C(=O)c1csc(-c2ccc(OC)cc2)n1. The van der Waals surface area contributed by atoms with Gasteiger partial charge in [-0.1, -0.05) is 6.92 Å². The lowest BCUT2D eigenvalue weighted by Gasteiger charge is -2.29. The highest BCUT2D eigenvalue weighted by atomic mass is 32.1. The number of nitrogens with zero attached hydrogens (tertiary/aromatic N) is 2. The maximum atomic E-state index is 12.9. The first-order valence-electron chi connectivity index (χ1n) is 9.22. The van der Waals surface area contributed by atoms with E-state index in [1.54, 1.807) is 7.11 Å². The molecule has 26 heavy (non-hydrogen) atoms. The molecule has 0 spiro atoms. The molecule has 140 valence electrons. The lowest BCUT2D eigenvalue weighted by molar-refractivity contribution is -0.00393. The Hall–Kier alpha value is -1.92. The molecule has 0 radical (unpaired) electrons. The Morgan fingerprint density at radius 2 is 2.15 bits per heavy atom. The van der Waals surface area contributed by atoms with Crippen molar-refractivity contribution in [2.45, 2.75) is 38.7 Å². The monoisotopic (exact) mass is 374 g/mol. The van der Waals surface area contributed by atoms with Gasteiger partial charge in [-0.25, -0.2) is 4.98 Å². The van der Waals surface area contributed by atoms with Gasteiger partial charge in [0.15, 0.2) is 0 Å². The van der Waals surface area contributed by atoms with Crippen molar-refractivity contribution in [3.05, 3.63) is 35.3 Å². The van der Waals surface area contributed by atoms with Crippen LogP contribution in [0.15, 0.2) is 29.6 Å². The van der Waals surface area contributed by atoms with Crippen molar-refractivity contribution in [3.8, 4) is 16.3 Å². The van der Waals surface area contributed by atoms with Gasteiger partial charge in [0.25, 0.3) is 5.91 Å². The summed E-state index contributed by atoms with van der Waals surface area (Å²) in [6.45, 7) is 4.28. The van der Waals surface area contributed by atoms with Gasteiger partial charge in [-0.3, -0.25) is 4.79 Å². The van der Waals surface area contributed by atoms with Gasteiger partial charge in [0.1, 0.15) is 16.5 Å². The van der Waals surface area contributed by atoms with Gasteiger partial charge in [-0.15, -0.1) is 11.3 Å². The molecule has 0 aliphatic carbocycles. The fourth-order valence-corrected chi connectivity index (χ4v) is 3.94. The Kier molecular flexibility index (Phi) is 6.63. The molecule has 0 N–H and O–H groups in total. The molecule has 5 nitrogen and oxygen atoms in total. The average molecular weight is 375 g/mol. The first-order chi connectivity index (χ1) is 12.7. The van der Waals surface area contributed by atoms with E-state index < -0.39 is 0 Å². The predicted octanol–water partition coefficient (Wildman–Crippen LogP) is 4.24. The van der Waals surface area contributed by atoms with E-state index >= 15 is 0 Å². The number of carbonyl (C=O) groups is 1. The molecule has 1 aromatic heterocycles. The number of aromatic nitrogens is 1. The highest BCUT2D eigenvalue weighted by Crippen LogP contribution is 2.26. The summed E-state index contributed by atoms with van der Waals surface area (Å²) in [6.07, 6.45) is 4.40. The fourth-order valence-electron chi connectivity index (χ4n) is 3.14. The summed E-state index contributed by atoms with van der Waals surface area (Å²) in [5.41, 5.74) is 1.51. The van der Waals surface area contributed by atoms with E-state index in [4.69, 9.17) is 9.47 Å². The summed E-state index contributed by atoms with van der Waals surface area (Å²) >= 11 is 1.50. The second-order valence-corrected chi connectivity index (χ2v) is 7.36. The number of amides is 1. The van der Waals surface area contributed by atoms with Crippen LogP contribution in [0.3, 0.4) is 0 Å². The molecule has 0 bridgehead atoms. The Bertz CT molecular complexity index is 708. The molecule has 1 amide bonds. The Balaban J connectivity index is 1.71. The molecule has 2 aromatic rings. The molecule has 1 atom stereocenters. The maximum absolute atomic E-state index is 12.9. The quantitative estimate of drug-likeness (QED) is 0.727. The molecule has 1 aliphatic rings. The standard InChI is InChI=1S/C20H26N2O3S/c1-3-11-22(13-17-6-4-5-12-25-17)20(23)18-14-26-19(21-18)15-7-9-16(24-2)10-8-15/h7-10,14,17H,3-6,11-13H2,1-2H3. The van der Waals surface area contributed by atoms with Crippen LogP contribution in [0.5, 0.6) is 5.75 Å². The predicted molar refractivity (Wildman–Crippen MR) is 104 cm³/mol. The van der Waals surface area contributed by atoms with E-state index in [2.05, 4.69) is 11.9 Å². The Labute approximate surface area is 159 Å². The number of rotatable bonds is 7. The number of ether oxygens (including phenoxy) is 2. The van der Waals surface area contributed by atoms with E-state index in [-0.39, 0.29) is 12.0 Å². The highest BCUT2D eigenvalue weighted by molar-refractivity contribution is 7.13. The van der Waals surface area contributed by atoms with Gasteiger partial charge in [-0.05, 0) is 49.9 Å². The van der Waals surface area contributed by atoms with Crippen molar-refractivity contribution in [1.82, 2.24) is 9.88 Å². The third-order valence-corrected chi connectivity index (χ3v) is 5.43. The van der Waals surface area contributed by atoms with E-state index in [1.165, 1.54) is 17.8 Å². The minimum Gasteiger partial charge on any atom is -0.497 e. The lowest BCUT2D eigenvalue weighted by Crippen LogP contribution is -2.40. The van der Waals surface area contributed by atoms with Crippen LogP contribution in [0, 0.1) is 0 Å². The molecular formula is C20H26N2O3S. The topological polar surface area (TPSA) is 51.7 Å². The van der Waals surface area contributed by atoms with E-state index in [0.717, 1.165) is 48.7 Å². The van der Waals surface area contributed by atoms with Crippen molar-refractivity contribution in [1.29, 1.82) is 0 Å². The first-order valence-corrected chi connectivity index (χ1v) is 10.1. The molecule has 0 saturated carbocycles. The van der Waals surface area contributed by atoms with Crippen LogP contribution in [0.4, 0.5) is 0 Å². The molecule has 6 heteroatoms. The van der Waals surface area contributed by atoms with Crippen molar-refractivity contribution < 1.29 is 14.3 Å². The van der Waals surface area contributed by atoms with Crippen LogP contribution in [0.25, 0.3) is 10.6 Å². The Morgan fingerprint density at radius 3 is 2.81 bits per heavy atom. The lowest BCUT2D eigenvalue weighted by atomic mass is 10.1. The summed E-state index contributed by atoms with van der Waals surface area (Å²) in [5.74, 6) is 0.806. The van der Waals surface area contributed by atoms with Crippen LogP contribution in [-0.4, -0.2) is 48.7 Å². The molecule has 1 aromatic carbocycles. The number of hydrogen-bond donors (Lipinski definition) is 0. The minimum absolute atomic E-state index is 0.00275. The summed E-state index contributed by atoms with van der Waals surface area (Å²) in [4.78, 5) is 19.4. The van der Waals surface area contributed by atoms with Gasteiger partial charge in [0, 0.05) is 30.6 Å². The van der Waals surface area contributed by atoms with Crippen LogP contribution in [0.1, 0.15) is 43.1 Å². The molecule has 2 heterocycles. The number of thiazole rings is 1. The molecule has 3 rings (SSSR count). The third-order valence-electron chi connectivity index (χ3n) is 4.54. The van der Waals surface area contributed by atoms with E-state index in [0.29, 0.717) is 12.2 Å².